The minimum Gasteiger partial charge on any atom is -0.483 e. The summed E-state index contributed by atoms with van der Waals surface area (Å²) in [6.45, 7) is 4.68. The topological polar surface area (TPSA) is 49.8 Å². The fraction of sp³-hybridized carbons (Fsp3) is 0.533. The van der Waals surface area contributed by atoms with Crippen molar-refractivity contribution in [2.24, 2.45) is 0 Å². The Balaban J connectivity index is 1.92. The first-order chi connectivity index (χ1) is 9.37. The number of likely N-dealkylation sites (tertiary alicyclic amines) is 1. The third-order valence-electron chi connectivity index (χ3n) is 3.52. The Morgan fingerprint density at radius 2 is 2.30 bits per heavy atom. The Morgan fingerprint density at radius 3 is 2.95 bits per heavy atom. The van der Waals surface area contributed by atoms with E-state index in [0.717, 1.165) is 18.4 Å². The molecule has 0 saturated carbocycles. The van der Waals surface area contributed by atoms with Crippen molar-refractivity contribution in [3.05, 3.63) is 28.8 Å². The summed E-state index contributed by atoms with van der Waals surface area (Å²) in [7, 11) is 0. The maximum atomic E-state index is 12.1. The van der Waals surface area contributed by atoms with Crippen LogP contribution in [0.1, 0.15) is 25.3 Å². The monoisotopic (exact) mass is 297 g/mol. The van der Waals surface area contributed by atoms with Crippen LogP contribution in [0.15, 0.2) is 18.2 Å². The molecule has 1 aliphatic heterocycles. The molecule has 1 N–H and O–H groups in total. The van der Waals surface area contributed by atoms with Gasteiger partial charge in [0.25, 0.3) is 5.91 Å². The van der Waals surface area contributed by atoms with E-state index in [1.54, 1.807) is 30.0 Å². The molecule has 5 heteroatoms. The first-order valence-electron chi connectivity index (χ1n) is 6.76. The van der Waals surface area contributed by atoms with Crippen LogP contribution in [-0.4, -0.2) is 41.2 Å². The highest BCUT2D eigenvalue weighted by molar-refractivity contribution is 6.30. The Morgan fingerprint density at radius 1 is 1.55 bits per heavy atom. The summed E-state index contributed by atoms with van der Waals surface area (Å²) in [5, 5.41) is 10.7. The van der Waals surface area contributed by atoms with E-state index in [4.69, 9.17) is 16.3 Å². The van der Waals surface area contributed by atoms with Gasteiger partial charge in [-0.05, 0) is 50.5 Å². The summed E-state index contributed by atoms with van der Waals surface area (Å²) in [4.78, 5) is 13.8. The van der Waals surface area contributed by atoms with Gasteiger partial charge in [-0.2, -0.15) is 0 Å². The Kier molecular flexibility index (Phi) is 4.55. The Bertz CT molecular complexity index is 502. The first-order valence-corrected chi connectivity index (χ1v) is 7.14. The van der Waals surface area contributed by atoms with Crippen LogP contribution in [0.4, 0.5) is 0 Å². The summed E-state index contributed by atoms with van der Waals surface area (Å²) >= 11 is 5.87. The molecule has 1 aliphatic rings. The number of carbonyl (C=O) groups is 1. The number of hydrogen-bond acceptors (Lipinski definition) is 3. The van der Waals surface area contributed by atoms with Crippen LogP contribution in [0.5, 0.6) is 5.75 Å². The molecule has 1 aromatic carbocycles. The minimum atomic E-state index is -0.788. The molecule has 1 atom stereocenters. The summed E-state index contributed by atoms with van der Waals surface area (Å²) in [5.41, 5.74) is 0.111. The average molecular weight is 298 g/mol. The van der Waals surface area contributed by atoms with Crippen LogP contribution >= 0.6 is 11.6 Å². The molecule has 4 nitrogen and oxygen atoms in total. The van der Waals surface area contributed by atoms with Crippen molar-refractivity contribution in [2.75, 3.05) is 19.7 Å². The lowest BCUT2D eigenvalue weighted by atomic mass is 9.95. The van der Waals surface area contributed by atoms with E-state index in [2.05, 4.69) is 0 Å². The number of rotatable bonds is 3. The summed E-state index contributed by atoms with van der Waals surface area (Å²) in [6.07, 6.45) is 1.55. The maximum Gasteiger partial charge on any atom is 0.260 e. The molecule has 0 aliphatic carbocycles. The summed E-state index contributed by atoms with van der Waals surface area (Å²) in [5.74, 6) is 0.561. The van der Waals surface area contributed by atoms with Crippen molar-refractivity contribution >= 4 is 17.5 Å². The second-order valence-corrected chi connectivity index (χ2v) is 6.05. The second kappa shape index (κ2) is 6.02. The number of aryl methyl sites for hydroxylation is 1. The largest absolute Gasteiger partial charge is 0.483 e. The highest BCUT2D eigenvalue weighted by Gasteiger charge is 2.30. The van der Waals surface area contributed by atoms with Gasteiger partial charge in [0.15, 0.2) is 6.61 Å². The number of piperidine rings is 1. The highest BCUT2D eigenvalue weighted by Crippen LogP contribution is 2.23. The van der Waals surface area contributed by atoms with Gasteiger partial charge in [0, 0.05) is 18.1 Å². The number of aliphatic hydroxyl groups is 1. The first kappa shape index (κ1) is 15.1. The number of ether oxygens (including phenoxy) is 1. The quantitative estimate of drug-likeness (QED) is 0.932. The lowest BCUT2D eigenvalue weighted by molar-refractivity contribution is -0.139. The van der Waals surface area contributed by atoms with Crippen LogP contribution in [0.25, 0.3) is 0 Å². The summed E-state index contributed by atoms with van der Waals surface area (Å²) in [6, 6.07) is 5.30. The van der Waals surface area contributed by atoms with E-state index >= 15 is 0 Å². The van der Waals surface area contributed by atoms with E-state index in [1.165, 1.54) is 0 Å². The van der Waals surface area contributed by atoms with Gasteiger partial charge in [0.05, 0.1) is 5.60 Å². The molecule has 0 spiro atoms. The van der Waals surface area contributed by atoms with Crippen LogP contribution in [0, 0.1) is 6.92 Å². The normalized spacial score (nSPS) is 22.7. The number of β-amino-alcohol motifs (C(OH)–C–C–N with tert-alkyl or cyclic N) is 1. The van der Waals surface area contributed by atoms with Gasteiger partial charge in [-0.15, -0.1) is 0 Å². The number of halogens is 1. The zero-order valence-corrected chi connectivity index (χ0v) is 12.6. The number of carbonyl (C=O) groups excluding carboxylic acids is 1. The zero-order chi connectivity index (χ0) is 14.8. The lowest BCUT2D eigenvalue weighted by Gasteiger charge is -2.36. The van der Waals surface area contributed by atoms with Gasteiger partial charge >= 0.3 is 0 Å². The van der Waals surface area contributed by atoms with Gasteiger partial charge < -0.3 is 14.7 Å². The van der Waals surface area contributed by atoms with Gasteiger partial charge in [-0.1, -0.05) is 11.6 Å². The van der Waals surface area contributed by atoms with E-state index < -0.39 is 5.60 Å². The zero-order valence-electron chi connectivity index (χ0n) is 11.9. The van der Waals surface area contributed by atoms with Crippen molar-refractivity contribution in [3.63, 3.8) is 0 Å². The average Bonchev–Trinajstić information content (AvgIpc) is 2.36. The second-order valence-electron chi connectivity index (χ2n) is 5.61. The van der Waals surface area contributed by atoms with E-state index in [-0.39, 0.29) is 12.5 Å². The van der Waals surface area contributed by atoms with Crippen LogP contribution in [0.2, 0.25) is 5.02 Å². The molecule has 20 heavy (non-hydrogen) atoms. The Labute approximate surface area is 124 Å². The van der Waals surface area contributed by atoms with Gasteiger partial charge in [0.2, 0.25) is 0 Å². The molecule has 1 saturated heterocycles. The molecule has 1 unspecified atom stereocenters. The molecule has 1 amide bonds. The molecule has 0 aromatic heterocycles. The Hall–Kier alpha value is -1.26. The fourth-order valence-electron chi connectivity index (χ4n) is 2.44. The third kappa shape index (κ3) is 3.87. The van der Waals surface area contributed by atoms with E-state index in [0.29, 0.717) is 23.9 Å². The highest BCUT2D eigenvalue weighted by atomic mass is 35.5. The van der Waals surface area contributed by atoms with Crippen molar-refractivity contribution in [2.45, 2.75) is 32.3 Å². The maximum absolute atomic E-state index is 12.1. The van der Waals surface area contributed by atoms with Crippen molar-refractivity contribution < 1.29 is 14.6 Å². The van der Waals surface area contributed by atoms with Crippen molar-refractivity contribution in [1.29, 1.82) is 0 Å². The predicted molar refractivity (Wildman–Crippen MR) is 78.1 cm³/mol. The van der Waals surface area contributed by atoms with E-state index in [1.807, 2.05) is 6.92 Å². The molecule has 0 bridgehead atoms. The van der Waals surface area contributed by atoms with Gasteiger partial charge in [-0.25, -0.2) is 0 Å². The molecule has 2 rings (SSSR count). The van der Waals surface area contributed by atoms with Crippen LogP contribution in [-0.2, 0) is 4.79 Å². The molecule has 1 fully saturated rings. The number of nitrogens with zero attached hydrogens (tertiary/aromatic N) is 1. The van der Waals surface area contributed by atoms with Crippen LogP contribution < -0.4 is 4.74 Å². The van der Waals surface area contributed by atoms with E-state index in [9.17, 15) is 9.90 Å². The molecule has 110 valence electrons. The predicted octanol–water partition coefficient (Wildman–Crippen LogP) is 2.40. The van der Waals surface area contributed by atoms with Crippen LogP contribution in [0.3, 0.4) is 0 Å². The molecule has 0 radical (unpaired) electrons. The molecule has 1 heterocycles. The number of amides is 1. The molecular formula is C15H20ClNO3. The van der Waals surface area contributed by atoms with Crippen molar-refractivity contribution in [1.82, 2.24) is 4.90 Å². The number of benzene rings is 1. The van der Waals surface area contributed by atoms with Gasteiger partial charge in [0.1, 0.15) is 5.75 Å². The fourth-order valence-corrected chi connectivity index (χ4v) is 2.67. The lowest BCUT2D eigenvalue weighted by Crippen LogP contribution is -2.49. The van der Waals surface area contributed by atoms with Crippen molar-refractivity contribution in [3.8, 4) is 5.75 Å². The SMILES string of the molecule is Cc1cc(Cl)ccc1OCC(=O)N1CCCC(C)(O)C1. The summed E-state index contributed by atoms with van der Waals surface area (Å²) < 4.78 is 5.54. The molecule has 1 aromatic rings. The number of hydrogen-bond donors (Lipinski definition) is 1. The smallest absolute Gasteiger partial charge is 0.260 e. The molecular weight excluding hydrogens is 278 g/mol. The van der Waals surface area contributed by atoms with Gasteiger partial charge in [-0.3, -0.25) is 4.79 Å². The third-order valence-corrected chi connectivity index (χ3v) is 3.75. The minimum absolute atomic E-state index is 0.0153. The standard InChI is InChI=1S/C15H20ClNO3/c1-11-8-12(16)4-5-13(11)20-9-14(18)17-7-3-6-15(2,19)10-17/h4-5,8,19H,3,6-7,9-10H2,1-2H3.